The molecule has 0 N–H and O–H groups in total. The fourth-order valence-electron chi connectivity index (χ4n) is 2.54. The van der Waals surface area contributed by atoms with E-state index in [0.717, 1.165) is 0 Å². The molecule has 2 aromatic carbocycles. The maximum Gasteiger partial charge on any atom is -0.0112 e. The predicted molar refractivity (Wildman–Crippen MR) is 89.8 cm³/mol. The van der Waals surface area contributed by atoms with Crippen molar-refractivity contribution in [3.8, 4) is 11.1 Å². The molecule has 0 spiro atoms. The Balaban J connectivity index is 2.06. The molecule has 0 heterocycles. The molecule has 0 saturated heterocycles. The largest absolute Gasteiger partial charge is 0.0984 e. The summed E-state index contributed by atoms with van der Waals surface area (Å²) >= 11 is 0. The first-order valence-electron chi connectivity index (χ1n) is 7.66. The Morgan fingerprint density at radius 1 is 0.900 bits per heavy atom. The zero-order chi connectivity index (χ0) is 14.2. The van der Waals surface area contributed by atoms with E-state index in [2.05, 4.69) is 62.0 Å². The third kappa shape index (κ3) is 3.84. The van der Waals surface area contributed by atoms with Crippen molar-refractivity contribution < 1.29 is 0 Å². The predicted octanol–water partition coefficient (Wildman–Crippen LogP) is 6.12. The van der Waals surface area contributed by atoms with E-state index in [4.69, 9.17) is 0 Å². The lowest BCUT2D eigenvalue weighted by Gasteiger charge is -2.07. The highest BCUT2D eigenvalue weighted by Gasteiger charge is 2.02. The van der Waals surface area contributed by atoms with Crippen LogP contribution in [0.15, 0.2) is 55.1 Å². The van der Waals surface area contributed by atoms with Gasteiger partial charge in [0.1, 0.15) is 0 Å². The number of rotatable bonds is 7. The number of aryl methyl sites for hydroxylation is 1. The number of benzene rings is 2. The van der Waals surface area contributed by atoms with Crippen molar-refractivity contribution in [3.63, 3.8) is 0 Å². The van der Waals surface area contributed by atoms with Crippen LogP contribution in [0.25, 0.3) is 17.2 Å². The molecule has 0 aliphatic heterocycles. The Labute approximate surface area is 123 Å². The van der Waals surface area contributed by atoms with E-state index in [1.807, 2.05) is 6.08 Å². The van der Waals surface area contributed by atoms with Gasteiger partial charge >= 0.3 is 0 Å². The van der Waals surface area contributed by atoms with Crippen LogP contribution in [0.4, 0.5) is 0 Å². The summed E-state index contributed by atoms with van der Waals surface area (Å²) in [5, 5.41) is 0. The van der Waals surface area contributed by atoms with E-state index < -0.39 is 0 Å². The van der Waals surface area contributed by atoms with E-state index in [0.29, 0.717) is 0 Å². The van der Waals surface area contributed by atoms with E-state index in [1.165, 1.54) is 54.4 Å². The minimum absolute atomic E-state index is 1.20. The third-order valence-corrected chi connectivity index (χ3v) is 3.76. The molecule has 0 nitrogen and oxygen atoms in total. The standard InChI is InChI=1S/C20H24/c1-3-5-6-7-10-17-13-15-19(16-14-17)20-12-9-8-11-18(20)4-2/h4,8-9,11-16H,2-3,5-7,10H2,1H3. The van der Waals surface area contributed by atoms with E-state index in [-0.39, 0.29) is 0 Å². The van der Waals surface area contributed by atoms with Gasteiger partial charge in [0.25, 0.3) is 0 Å². The summed E-state index contributed by atoms with van der Waals surface area (Å²) in [7, 11) is 0. The lowest BCUT2D eigenvalue weighted by Crippen LogP contribution is -1.87. The quantitative estimate of drug-likeness (QED) is 0.528. The van der Waals surface area contributed by atoms with Crippen LogP contribution in [0, 0.1) is 0 Å². The van der Waals surface area contributed by atoms with Gasteiger partial charge < -0.3 is 0 Å². The molecular formula is C20H24. The van der Waals surface area contributed by atoms with Crippen LogP contribution in [-0.4, -0.2) is 0 Å². The van der Waals surface area contributed by atoms with Crippen LogP contribution in [0.5, 0.6) is 0 Å². The summed E-state index contributed by atoms with van der Waals surface area (Å²) in [5.74, 6) is 0. The maximum atomic E-state index is 3.89. The minimum atomic E-state index is 1.20. The zero-order valence-electron chi connectivity index (χ0n) is 12.4. The average Bonchev–Trinajstić information content (AvgIpc) is 2.52. The second kappa shape index (κ2) is 7.69. The Hall–Kier alpha value is -1.82. The highest BCUT2D eigenvalue weighted by Crippen LogP contribution is 2.25. The SMILES string of the molecule is C=Cc1ccccc1-c1ccc(CCCCCC)cc1. The molecule has 0 aliphatic carbocycles. The molecule has 0 aliphatic rings. The Morgan fingerprint density at radius 2 is 1.65 bits per heavy atom. The van der Waals surface area contributed by atoms with Gasteiger partial charge in [-0.15, -0.1) is 0 Å². The molecule has 0 atom stereocenters. The summed E-state index contributed by atoms with van der Waals surface area (Å²) in [5.41, 5.74) is 5.18. The summed E-state index contributed by atoms with van der Waals surface area (Å²) in [6, 6.07) is 17.4. The van der Waals surface area contributed by atoms with Crippen LogP contribution < -0.4 is 0 Å². The Kier molecular flexibility index (Phi) is 5.61. The van der Waals surface area contributed by atoms with Crippen LogP contribution >= 0.6 is 0 Å². The van der Waals surface area contributed by atoms with Gasteiger partial charge in [0.15, 0.2) is 0 Å². The summed E-state index contributed by atoms with van der Waals surface area (Å²) < 4.78 is 0. The monoisotopic (exact) mass is 264 g/mol. The molecule has 0 heteroatoms. The molecule has 0 bridgehead atoms. The molecule has 0 fully saturated rings. The van der Waals surface area contributed by atoms with Gasteiger partial charge in [0.2, 0.25) is 0 Å². The number of unbranched alkanes of at least 4 members (excludes halogenated alkanes) is 3. The van der Waals surface area contributed by atoms with Crippen molar-refractivity contribution in [3.05, 3.63) is 66.2 Å². The van der Waals surface area contributed by atoms with Gasteiger partial charge in [-0.3, -0.25) is 0 Å². The highest BCUT2D eigenvalue weighted by molar-refractivity contribution is 5.74. The number of hydrogen-bond donors (Lipinski definition) is 0. The second-order valence-electron chi connectivity index (χ2n) is 5.30. The van der Waals surface area contributed by atoms with Crippen LogP contribution in [0.3, 0.4) is 0 Å². The van der Waals surface area contributed by atoms with Crippen molar-refractivity contribution in [2.24, 2.45) is 0 Å². The van der Waals surface area contributed by atoms with Crippen molar-refractivity contribution in [1.82, 2.24) is 0 Å². The first kappa shape index (κ1) is 14.6. The fourth-order valence-corrected chi connectivity index (χ4v) is 2.54. The van der Waals surface area contributed by atoms with Crippen LogP contribution in [0.1, 0.15) is 43.7 Å². The molecular weight excluding hydrogens is 240 g/mol. The molecule has 2 aromatic rings. The normalized spacial score (nSPS) is 10.4. The molecule has 104 valence electrons. The van der Waals surface area contributed by atoms with E-state index in [1.54, 1.807) is 0 Å². The lowest BCUT2D eigenvalue weighted by molar-refractivity contribution is 0.667. The van der Waals surface area contributed by atoms with Crippen LogP contribution in [0.2, 0.25) is 0 Å². The van der Waals surface area contributed by atoms with Gasteiger partial charge in [-0.1, -0.05) is 87.4 Å². The molecule has 0 unspecified atom stereocenters. The maximum absolute atomic E-state index is 3.89. The van der Waals surface area contributed by atoms with Gasteiger partial charge in [-0.25, -0.2) is 0 Å². The van der Waals surface area contributed by atoms with Gasteiger partial charge in [0, 0.05) is 0 Å². The van der Waals surface area contributed by atoms with Gasteiger partial charge in [-0.2, -0.15) is 0 Å². The van der Waals surface area contributed by atoms with Gasteiger partial charge in [0.05, 0.1) is 0 Å². The summed E-state index contributed by atoms with van der Waals surface area (Å²) in [6.07, 6.45) is 8.42. The first-order chi connectivity index (χ1) is 9.85. The molecule has 0 amide bonds. The Bertz CT molecular complexity index is 534. The molecule has 2 rings (SSSR count). The van der Waals surface area contributed by atoms with Crippen LogP contribution in [-0.2, 0) is 6.42 Å². The van der Waals surface area contributed by atoms with Crippen molar-refractivity contribution in [1.29, 1.82) is 0 Å². The molecule has 20 heavy (non-hydrogen) atoms. The van der Waals surface area contributed by atoms with E-state index in [9.17, 15) is 0 Å². The minimum Gasteiger partial charge on any atom is -0.0984 e. The first-order valence-corrected chi connectivity index (χ1v) is 7.66. The number of hydrogen-bond acceptors (Lipinski definition) is 0. The summed E-state index contributed by atoms with van der Waals surface area (Å²) in [6.45, 7) is 6.15. The van der Waals surface area contributed by atoms with Crippen molar-refractivity contribution in [2.45, 2.75) is 39.0 Å². The van der Waals surface area contributed by atoms with Crippen molar-refractivity contribution in [2.75, 3.05) is 0 Å². The van der Waals surface area contributed by atoms with Gasteiger partial charge in [-0.05, 0) is 35.1 Å². The zero-order valence-corrected chi connectivity index (χ0v) is 12.4. The summed E-state index contributed by atoms with van der Waals surface area (Å²) in [4.78, 5) is 0. The Morgan fingerprint density at radius 3 is 2.35 bits per heavy atom. The second-order valence-corrected chi connectivity index (χ2v) is 5.30. The topological polar surface area (TPSA) is 0 Å². The molecule has 0 aromatic heterocycles. The third-order valence-electron chi connectivity index (χ3n) is 3.76. The van der Waals surface area contributed by atoms with E-state index >= 15 is 0 Å². The average molecular weight is 264 g/mol. The highest BCUT2D eigenvalue weighted by atomic mass is 14.1. The molecule has 0 radical (unpaired) electrons. The lowest BCUT2D eigenvalue weighted by atomic mass is 9.97. The van der Waals surface area contributed by atoms with Crippen molar-refractivity contribution >= 4 is 6.08 Å². The smallest absolute Gasteiger partial charge is 0.0112 e. The molecule has 0 saturated carbocycles. The fraction of sp³-hybridized carbons (Fsp3) is 0.300.